The van der Waals surface area contributed by atoms with E-state index in [1.54, 1.807) is 42.1 Å². The van der Waals surface area contributed by atoms with Gasteiger partial charge in [-0.15, -0.1) is 0 Å². The van der Waals surface area contributed by atoms with Crippen LogP contribution < -0.4 is 5.32 Å². The molecule has 0 spiro atoms. The summed E-state index contributed by atoms with van der Waals surface area (Å²) >= 11 is 7.09. The zero-order valence-electron chi connectivity index (χ0n) is 10.8. The fourth-order valence-electron chi connectivity index (χ4n) is 1.57. The summed E-state index contributed by atoms with van der Waals surface area (Å²) in [6.45, 7) is -0.0684. The Morgan fingerprint density at radius 2 is 2.15 bits per heavy atom. The Kier molecular flexibility index (Phi) is 5.05. The third kappa shape index (κ3) is 3.75. The van der Waals surface area contributed by atoms with Gasteiger partial charge in [0.05, 0.1) is 24.3 Å². The summed E-state index contributed by atoms with van der Waals surface area (Å²) in [6.07, 6.45) is 1.60. The van der Waals surface area contributed by atoms with E-state index in [-0.39, 0.29) is 18.3 Å². The Balaban J connectivity index is 1.88. The maximum absolute atomic E-state index is 11.8. The number of aliphatic hydroxyl groups excluding tert-OH is 1. The average Bonchev–Trinajstić information content (AvgIpc) is 2.79. The number of amides is 1. The van der Waals surface area contributed by atoms with E-state index in [4.69, 9.17) is 16.7 Å². The van der Waals surface area contributed by atoms with Gasteiger partial charge >= 0.3 is 0 Å². The van der Waals surface area contributed by atoms with Crippen LogP contribution in [0.5, 0.6) is 0 Å². The third-order valence-electron chi connectivity index (χ3n) is 2.66. The molecule has 0 saturated heterocycles. The van der Waals surface area contributed by atoms with Crippen LogP contribution in [0.25, 0.3) is 0 Å². The highest BCUT2D eigenvalue weighted by Crippen LogP contribution is 2.18. The highest BCUT2D eigenvalue weighted by molar-refractivity contribution is 7.99. The van der Waals surface area contributed by atoms with Gasteiger partial charge in [-0.3, -0.25) is 4.79 Å². The Morgan fingerprint density at radius 3 is 2.75 bits per heavy atom. The molecule has 20 heavy (non-hydrogen) atoms. The molecule has 0 saturated carbocycles. The van der Waals surface area contributed by atoms with E-state index in [9.17, 15) is 4.79 Å². The maximum atomic E-state index is 11.8. The van der Waals surface area contributed by atoms with Crippen LogP contribution in [0.3, 0.4) is 0 Å². The van der Waals surface area contributed by atoms with Crippen LogP contribution in [-0.2, 0) is 18.4 Å². The van der Waals surface area contributed by atoms with Gasteiger partial charge in [0.1, 0.15) is 0 Å². The van der Waals surface area contributed by atoms with Crippen LogP contribution in [0.1, 0.15) is 5.69 Å². The molecule has 5 nitrogen and oxygen atoms in total. The summed E-state index contributed by atoms with van der Waals surface area (Å²) in [5, 5.41) is 13.2. The minimum absolute atomic E-state index is 0.0684. The van der Waals surface area contributed by atoms with Gasteiger partial charge in [-0.05, 0) is 24.3 Å². The van der Waals surface area contributed by atoms with E-state index in [0.717, 1.165) is 0 Å². The van der Waals surface area contributed by atoms with Crippen molar-refractivity contribution in [3.63, 3.8) is 0 Å². The van der Waals surface area contributed by atoms with Gasteiger partial charge < -0.3 is 15.0 Å². The number of thioether (sulfide) groups is 1. The third-order valence-corrected chi connectivity index (χ3v) is 3.96. The first-order chi connectivity index (χ1) is 9.60. The van der Waals surface area contributed by atoms with Crippen LogP contribution >= 0.6 is 23.4 Å². The Labute approximate surface area is 126 Å². The number of carbonyl (C=O) groups excluding carboxylic acids is 1. The molecule has 0 unspecified atom stereocenters. The number of nitrogens with zero attached hydrogens (tertiary/aromatic N) is 2. The largest absolute Gasteiger partial charge is 0.390 e. The van der Waals surface area contributed by atoms with E-state index in [0.29, 0.717) is 21.6 Å². The van der Waals surface area contributed by atoms with Crippen molar-refractivity contribution in [2.45, 2.75) is 11.8 Å². The molecule has 1 amide bonds. The zero-order chi connectivity index (χ0) is 14.5. The van der Waals surface area contributed by atoms with Gasteiger partial charge in [-0.2, -0.15) is 0 Å². The van der Waals surface area contributed by atoms with Crippen LogP contribution in [0.15, 0.2) is 35.6 Å². The monoisotopic (exact) mass is 311 g/mol. The number of anilines is 1. The molecule has 7 heteroatoms. The van der Waals surface area contributed by atoms with E-state index in [2.05, 4.69) is 10.3 Å². The number of halogens is 1. The van der Waals surface area contributed by atoms with Crippen molar-refractivity contribution < 1.29 is 9.90 Å². The molecule has 0 bridgehead atoms. The van der Waals surface area contributed by atoms with Crippen molar-refractivity contribution in [1.29, 1.82) is 0 Å². The summed E-state index contributed by atoms with van der Waals surface area (Å²) < 4.78 is 1.76. The lowest BCUT2D eigenvalue weighted by atomic mass is 10.3. The van der Waals surface area contributed by atoms with Crippen LogP contribution in [0.2, 0.25) is 5.02 Å². The lowest BCUT2D eigenvalue weighted by Crippen LogP contribution is -2.14. The molecule has 1 aromatic heterocycles. The highest BCUT2D eigenvalue weighted by atomic mass is 35.5. The first-order valence-electron chi connectivity index (χ1n) is 5.90. The first kappa shape index (κ1) is 14.9. The smallest absolute Gasteiger partial charge is 0.234 e. The Bertz CT molecular complexity index is 598. The number of carbonyl (C=O) groups is 1. The number of rotatable bonds is 5. The minimum Gasteiger partial charge on any atom is -0.390 e. The second kappa shape index (κ2) is 6.78. The highest BCUT2D eigenvalue weighted by Gasteiger charge is 2.09. The fourth-order valence-corrected chi connectivity index (χ4v) is 2.46. The predicted molar refractivity (Wildman–Crippen MR) is 79.9 cm³/mol. The topological polar surface area (TPSA) is 67.1 Å². The first-order valence-corrected chi connectivity index (χ1v) is 7.26. The second-order valence-corrected chi connectivity index (χ2v) is 5.47. The molecular formula is C13H14ClN3O2S. The lowest BCUT2D eigenvalue weighted by Gasteiger charge is -2.06. The molecule has 2 N–H and O–H groups in total. The summed E-state index contributed by atoms with van der Waals surface area (Å²) in [4.78, 5) is 16.0. The minimum atomic E-state index is -0.120. The average molecular weight is 312 g/mol. The van der Waals surface area contributed by atoms with Crippen molar-refractivity contribution in [2.24, 2.45) is 7.05 Å². The lowest BCUT2D eigenvalue weighted by molar-refractivity contribution is -0.113. The van der Waals surface area contributed by atoms with E-state index < -0.39 is 0 Å². The van der Waals surface area contributed by atoms with Gasteiger partial charge in [0.15, 0.2) is 5.16 Å². The number of aromatic nitrogens is 2. The fraction of sp³-hybridized carbons (Fsp3) is 0.231. The van der Waals surface area contributed by atoms with Crippen molar-refractivity contribution in [2.75, 3.05) is 11.1 Å². The molecular weight excluding hydrogens is 298 g/mol. The predicted octanol–water partition coefficient (Wildman–Crippen LogP) is 2.30. The number of hydrogen-bond donors (Lipinski definition) is 2. The number of aliphatic hydroxyl groups is 1. The molecule has 0 radical (unpaired) electrons. The number of imidazole rings is 1. The van der Waals surface area contributed by atoms with E-state index in [1.807, 2.05) is 0 Å². The molecule has 1 heterocycles. The van der Waals surface area contributed by atoms with Crippen LogP contribution in [0, 0.1) is 0 Å². The number of hydrogen-bond acceptors (Lipinski definition) is 4. The summed E-state index contributed by atoms with van der Waals surface area (Å²) in [7, 11) is 1.80. The van der Waals surface area contributed by atoms with Crippen LogP contribution in [-0.4, -0.2) is 26.3 Å². The summed E-state index contributed by atoms with van der Waals surface area (Å²) in [5.74, 6) is 0.129. The Morgan fingerprint density at radius 1 is 1.45 bits per heavy atom. The molecule has 2 aromatic rings. The van der Waals surface area contributed by atoms with Gasteiger partial charge in [0, 0.05) is 17.8 Å². The van der Waals surface area contributed by atoms with Gasteiger partial charge in [0.25, 0.3) is 0 Å². The van der Waals surface area contributed by atoms with E-state index in [1.165, 1.54) is 11.8 Å². The molecule has 106 valence electrons. The molecule has 2 rings (SSSR count). The SMILES string of the molecule is Cn1c(CO)cnc1SCC(=O)Nc1ccc(Cl)cc1. The molecule has 0 fully saturated rings. The zero-order valence-corrected chi connectivity index (χ0v) is 12.4. The van der Waals surface area contributed by atoms with Gasteiger partial charge in [-0.1, -0.05) is 23.4 Å². The summed E-state index contributed by atoms with van der Waals surface area (Å²) in [6, 6.07) is 6.93. The van der Waals surface area contributed by atoms with Crippen LogP contribution in [0.4, 0.5) is 5.69 Å². The molecule has 0 aliphatic heterocycles. The van der Waals surface area contributed by atoms with Crippen molar-refractivity contribution in [3.05, 3.63) is 41.2 Å². The van der Waals surface area contributed by atoms with Crippen molar-refractivity contribution in [3.8, 4) is 0 Å². The van der Waals surface area contributed by atoms with Gasteiger partial charge in [0.2, 0.25) is 5.91 Å². The second-order valence-electron chi connectivity index (χ2n) is 4.09. The number of benzene rings is 1. The molecule has 0 aliphatic carbocycles. The summed E-state index contributed by atoms with van der Waals surface area (Å²) in [5.41, 5.74) is 1.42. The molecule has 1 aromatic carbocycles. The molecule has 0 aliphatic rings. The van der Waals surface area contributed by atoms with E-state index >= 15 is 0 Å². The molecule has 0 atom stereocenters. The quantitative estimate of drug-likeness (QED) is 0.832. The van der Waals surface area contributed by atoms with Crippen molar-refractivity contribution >= 4 is 35.0 Å². The Hall–Kier alpha value is -1.50. The van der Waals surface area contributed by atoms with Gasteiger partial charge in [-0.25, -0.2) is 4.98 Å². The maximum Gasteiger partial charge on any atom is 0.234 e. The normalized spacial score (nSPS) is 10.6. The number of nitrogens with one attached hydrogen (secondary N) is 1. The van der Waals surface area contributed by atoms with Crippen molar-refractivity contribution in [1.82, 2.24) is 9.55 Å². The standard InChI is InChI=1S/C13H14ClN3O2S/c1-17-11(7-18)6-15-13(17)20-8-12(19)16-10-4-2-9(14)3-5-10/h2-6,18H,7-8H2,1H3,(H,16,19).